The Morgan fingerprint density at radius 2 is 2.29 bits per heavy atom. The highest BCUT2D eigenvalue weighted by Crippen LogP contribution is 2.28. The number of amides is 1. The molecular formula is C13H16ClNO2. The van der Waals surface area contributed by atoms with Gasteiger partial charge in [-0.25, -0.2) is 0 Å². The van der Waals surface area contributed by atoms with E-state index in [1.54, 1.807) is 7.11 Å². The van der Waals surface area contributed by atoms with E-state index in [0.29, 0.717) is 17.3 Å². The molecule has 17 heavy (non-hydrogen) atoms. The van der Waals surface area contributed by atoms with Crippen LogP contribution in [0.2, 0.25) is 5.02 Å². The second-order valence-corrected chi connectivity index (χ2v) is 4.69. The molecule has 1 N–H and O–H groups in total. The molecule has 0 spiro atoms. The predicted molar refractivity (Wildman–Crippen MR) is 67.4 cm³/mol. The van der Waals surface area contributed by atoms with E-state index in [0.717, 1.165) is 24.8 Å². The standard InChI is InChI=1S/C13H16ClNO2/c1-17-12-5-2-9(8-11(12)14)6-7-15-13(16)10-3-4-10/h2,5,8,10H,3-4,6-7H2,1H3,(H,15,16). The van der Waals surface area contributed by atoms with Crippen LogP contribution < -0.4 is 10.1 Å². The van der Waals surface area contributed by atoms with Gasteiger partial charge in [0.15, 0.2) is 0 Å². The third-order valence-corrected chi connectivity index (χ3v) is 3.17. The molecule has 0 aliphatic heterocycles. The number of nitrogens with one attached hydrogen (secondary N) is 1. The van der Waals surface area contributed by atoms with Gasteiger partial charge in [0, 0.05) is 12.5 Å². The summed E-state index contributed by atoms with van der Waals surface area (Å²) in [6.45, 7) is 0.665. The summed E-state index contributed by atoms with van der Waals surface area (Å²) in [6, 6.07) is 5.69. The predicted octanol–water partition coefficient (Wildman–Crippen LogP) is 2.42. The van der Waals surface area contributed by atoms with Gasteiger partial charge in [-0.05, 0) is 37.0 Å². The molecule has 1 saturated carbocycles. The molecule has 4 heteroatoms. The summed E-state index contributed by atoms with van der Waals surface area (Å²) in [5.41, 5.74) is 1.10. The number of ether oxygens (including phenoxy) is 1. The number of hydrogen-bond acceptors (Lipinski definition) is 2. The van der Waals surface area contributed by atoms with Crippen molar-refractivity contribution in [1.82, 2.24) is 5.32 Å². The van der Waals surface area contributed by atoms with Crippen molar-refractivity contribution in [3.8, 4) is 5.75 Å². The van der Waals surface area contributed by atoms with Crippen molar-refractivity contribution in [1.29, 1.82) is 0 Å². The molecular weight excluding hydrogens is 238 g/mol. The largest absolute Gasteiger partial charge is 0.495 e. The number of carbonyl (C=O) groups excluding carboxylic acids is 1. The van der Waals surface area contributed by atoms with Crippen molar-refractivity contribution in [2.24, 2.45) is 5.92 Å². The van der Waals surface area contributed by atoms with Crippen LogP contribution >= 0.6 is 11.6 Å². The molecule has 0 unspecified atom stereocenters. The molecule has 0 bridgehead atoms. The van der Waals surface area contributed by atoms with Crippen molar-refractivity contribution in [3.63, 3.8) is 0 Å². The molecule has 1 aromatic rings. The number of benzene rings is 1. The van der Waals surface area contributed by atoms with Crippen molar-refractivity contribution >= 4 is 17.5 Å². The average Bonchev–Trinajstić information content (AvgIpc) is 3.13. The Labute approximate surface area is 106 Å². The van der Waals surface area contributed by atoms with Gasteiger partial charge in [-0.2, -0.15) is 0 Å². The number of methoxy groups -OCH3 is 1. The summed E-state index contributed by atoms with van der Waals surface area (Å²) in [5, 5.41) is 3.54. The zero-order valence-electron chi connectivity index (χ0n) is 9.83. The van der Waals surface area contributed by atoms with Crippen LogP contribution in [0.25, 0.3) is 0 Å². The SMILES string of the molecule is COc1ccc(CCNC(=O)C2CC2)cc1Cl. The lowest BCUT2D eigenvalue weighted by Gasteiger charge is -2.07. The van der Waals surface area contributed by atoms with Gasteiger partial charge in [0.05, 0.1) is 12.1 Å². The fourth-order valence-electron chi connectivity index (χ4n) is 1.69. The lowest BCUT2D eigenvalue weighted by Crippen LogP contribution is -2.26. The molecule has 1 aliphatic rings. The maximum Gasteiger partial charge on any atom is 0.223 e. The van der Waals surface area contributed by atoms with Crippen LogP contribution in [0.4, 0.5) is 0 Å². The first-order valence-electron chi connectivity index (χ1n) is 5.81. The fraction of sp³-hybridized carbons (Fsp3) is 0.462. The second-order valence-electron chi connectivity index (χ2n) is 4.28. The Morgan fingerprint density at radius 3 is 2.88 bits per heavy atom. The molecule has 0 atom stereocenters. The highest BCUT2D eigenvalue weighted by molar-refractivity contribution is 6.32. The van der Waals surface area contributed by atoms with Gasteiger partial charge in [-0.15, -0.1) is 0 Å². The Hall–Kier alpha value is -1.22. The van der Waals surface area contributed by atoms with Crippen molar-refractivity contribution in [3.05, 3.63) is 28.8 Å². The number of halogens is 1. The molecule has 0 heterocycles. The van der Waals surface area contributed by atoms with Gasteiger partial charge in [0.2, 0.25) is 5.91 Å². The van der Waals surface area contributed by atoms with Crippen LogP contribution in [-0.2, 0) is 11.2 Å². The van der Waals surface area contributed by atoms with E-state index in [-0.39, 0.29) is 11.8 Å². The summed E-state index contributed by atoms with van der Waals surface area (Å²) in [6.07, 6.45) is 2.88. The maximum atomic E-state index is 11.4. The van der Waals surface area contributed by atoms with Crippen LogP contribution in [0.15, 0.2) is 18.2 Å². The highest BCUT2D eigenvalue weighted by atomic mass is 35.5. The minimum absolute atomic E-state index is 0.185. The van der Waals surface area contributed by atoms with Crippen molar-refractivity contribution in [2.45, 2.75) is 19.3 Å². The summed E-state index contributed by atoms with van der Waals surface area (Å²) < 4.78 is 5.08. The molecule has 1 amide bonds. The molecule has 2 rings (SSSR count). The third-order valence-electron chi connectivity index (χ3n) is 2.88. The second kappa shape index (κ2) is 5.41. The average molecular weight is 254 g/mol. The van der Waals surface area contributed by atoms with Crippen LogP contribution in [0, 0.1) is 5.92 Å². The third kappa shape index (κ3) is 3.37. The number of rotatable bonds is 5. The Balaban J connectivity index is 1.82. The number of carbonyl (C=O) groups is 1. The summed E-state index contributed by atoms with van der Waals surface area (Å²) in [7, 11) is 1.59. The molecule has 0 aromatic heterocycles. The Bertz CT molecular complexity index is 416. The quantitative estimate of drug-likeness (QED) is 0.875. The van der Waals surface area contributed by atoms with Gasteiger partial charge in [-0.1, -0.05) is 17.7 Å². The molecule has 3 nitrogen and oxygen atoms in total. The Morgan fingerprint density at radius 1 is 1.53 bits per heavy atom. The summed E-state index contributed by atoms with van der Waals surface area (Å²) in [5.74, 6) is 1.14. The van der Waals surface area contributed by atoms with Gasteiger partial charge in [0.1, 0.15) is 5.75 Å². The van der Waals surface area contributed by atoms with Gasteiger partial charge >= 0.3 is 0 Å². The van der Waals surface area contributed by atoms with E-state index in [9.17, 15) is 4.79 Å². The van der Waals surface area contributed by atoms with E-state index in [1.165, 1.54) is 0 Å². The summed E-state index contributed by atoms with van der Waals surface area (Å²) in [4.78, 5) is 11.4. The first kappa shape index (κ1) is 12.2. The first-order valence-corrected chi connectivity index (χ1v) is 6.18. The Kier molecular flexibility index (Phi) is 3.89. The zero-order valence-corrected chi connectivity index (χ0v) is 10.6. The highest BCUT2D eigenvalue weighted by Gasteiger charge is 2.28. The smallest absolute Gasteiger partial charge is 0.223 e. The van der Waals surface area contributed by atoms with Gasteiger partial charge < -0.3 is 10.1 Å². The summed E-state index contributed by atoms with van der Waals surface area (Å²) >= 11 is 6.02. The van der Waals surface area contributed by atoms with Crippen molar-refractivity contribution < 1.29 is 9.53 Å². The minimum Gasteiger partial charge on any atom is -0.495 e. The van der Waals surface area contributed by atoms with E-state index in [2.05, 4.69) is 5.32 Å². The molecule has 1 aromatic carbocycles. The van der Waals surface area contributed by atoms with Gasteiger partial charge in [-0.3, -0.25) is 4.79 Å². The maximum absolute atomic E-state index is 11.4. The normalized spacial score (nSPS) is 14.5. The van der Waals surface area contributed by atoms with E-state index in [1.807, 2.05) is 18.2 Å². The van der Waals surface area contributed by atoms with Crippen LogP contribution in [0.1, 0.15) is 18.4 Å². The van der Waals surface area contributed by atoms with Crippen LogP contribution in [0.5, 0.6) is 5.75 Å². The topological polar surface area (TPSA) is 38.3 Å². The fourth-order valence-corrected chi connectivity index (χ4v) is 1.97. The van der Waals surface area contributed by atoms with Crippen molar-refractivity contribution in [2.75, 3.05) is 13.7 Å². The van der Waals surface area contributed by atoms with Crippen LogP contribution in [-0.4, -0.2) is 19.6 Å². The molecule has 0 saturated heterocycles. The van der Waals surface area contributed by atoms with Crippen LogP contribution in [0.3, 0.4) is 0 Å². The van der Waals surface area contributed by atoms with E-state index < -0.39 is 0 Å². The first-order chi connectivity index (χ1) is 8.20. The lowest BCUT2D eigenvalue weighted by atomic mass is 10.1. The number of hydrogen-bond donors (Lipinski definition) is 1. The molecule has 1 fully saturated rings. The van der Waals surface area contributed by atoms with Gasteiger partial charge in [0.25, 0.3) is 0 Å². The molecule has 0 radical (unpaired) electrons. The monoisotopic (exact) mass is 253 g/mol. The zero-order chi connectivity index (χ0) is 12.3. The van der Waals surface area contributed by atoms with E-state index >= 15 is 0 Å². The minimum atomic E-state index is 0.185. The van der Waals surface area contributed by atoms with E-state index in [4.69, 9.17) is 16.3 Å². The molecule has 1 aliphatic carbocycles. The lowest BCUT2D eigenvalue weighted by molar-refractivity contribution is -0.122. The molecule has 92 valence electrons.